The van der Waals surface area contributed by atoms with Crippen molar-refractivity contribution in [1.29, 1.82) is 5.26 Å². The number of nitriles is 1. The van der Waals surface area contributed by atoms with Crippen LogP contribution >= 0.6 is 0 Å². The summed E-state index contributed by atoms with van der Waals surface area (Å²) in [6.45, 7) is 4.38. The first-order valence-electron chi connectivity index (χ1n) is 6.62. The standard InChI is InChI=1S/C15H21N3O/c1-4-13(5-2)17-15(19)11-18(3)14-9-7-6-8-12(14)10-16/h6-9,13H,4-5,11H2,1-3H3,(H,17,19). The molecule has 0 aliphatic heterocycles. The Balaban J connectivity index is 2.67. The van der Waals surface area contributed by atoms with Crippen molar-refractivity contribution in [3.05, 3.63) is 29.8 Å². The van der Waals surface area contributed by atoms with Gasteiger partial charge in [0, 0.05) is 13.1 Å². The van der Waals surface area contributed by atoms with Crippen LogP contribution in [0.25, 0.3) is 0 Å². The minimum Gasteiger partial charge on any atom is -0.364 e. The van der Waals surface area contributed by atoms with Gasteiger partial charge < -0.3 is 10.2 Å². The van der Waals surface area contributed by atoms with Crippen LogP contribution in [0.4, 0.5) is 5.69 Å². The van der Waals surface area contributed by atoms with Crippen molar-refractivity contribution in [2.75, 3.05) is 18.5 Å². The fraction of sp³-hybridized carbons (Fsp3) is 0.467. The van der Waals surface area contributed by atoms with E-state index in [0.29, 0.717) is 5.56 Å². The largest absolute Gasteiger partial charge is 0.364 e. The van der Waals surface area contributed by atoms with Gasteiger partial charge in [-0.25, -0.2) is 0 Å². The van der Waals surface area contributed by atoms with E-state index in [1.807, 2.05) is 25.2 Å². The zero-order chi connectivity index (χ0) is 14.3. The smallest absolute Gasteiger partial charge is 0.239 e. The summed E-state index contributed by atoms with van der Waals surface area (Å²) in [6.07, 6.45) is 1.86. The van der Waals surface area contributed by atoms with Crippen LogP contribution in [-0.4, -0.2) is 25.5 Å². The summed E-state index contributed by atoms with van der Waals surface area (Å²) in [5, 5.41) is 12.0. The highest BCUT2D eigenvalue weighted by Gasteiger charge is 2.13. The van der Waals surface area contributed by atoms with E-state index in [-0.39, 0.29) is 18.5 Å². The molecule has 0 heterocycles. The van der Waals surface area contributed by atoms with Gasteiger partial charge >= 0.3 is 0 Å². The molecule has 19 heavy (non-hydrogen) atoms. The van der Waals surface area contributed by atoms with Crippen LogP contribution in [0.5, 0.6) is 0 Å². The van der Waals surface area contributed by atoms with Crippen LogP contribution in [0, 0.1) is 11.3 Å². The second-order valence-corrected chi connectivity index (χ2v) is 4.57. The molecule has 1 N–H and O–H groups in total. The lowest BCUT2D eigenvalue weighted by Gasteiger charge is -2.22. The Morgan fingerprint density at radius 3 is 2.58 bits per heavy atom. The molecular formula is C15H21N3O. The van der Waals surface area contributed by atoms with E-state index in [1.165, 1.54) is 0 Å². The molecule has 0 unspecified atom stereocenters. The minimum atomic E-state index is -0.0102. The molecule has 0 spiro atoms. The number of benzene rings is 1. The maximum absolute atomic E-state index is 11.9. The van der Waals surface area contributed by atoms with Gasteiger partial charge in [-0.3, -0.25) is 4.79 Å². The van der Waals surface area contributed by atoms with Crippen molar-refractivity contribution in [3.63, 3.8) is 0 Å². The number of nitrogens with one attached hydrogen (secondary N) is 1. The highest BCUT2D eigenvalue weighted by Crippen LogP contribution is 2.17. The topological polar surface area (TPSA) is 56.1 Å². The van der Waals surface area contributed by atoms with E-state index < -0.39 is 0 Å². The molecule has 1 aromatic carbocycles. The first-order chi connectivity index (χ1) is 9.12. The van der Waals surface area contributed by atoms with Crippen LogP contribution in [-0.2, 0) is 4.79 Å². The zero-order valence-electron chi connectivity index (χ0n) is 11.8. The summed E-state index contributed by atoms with van der Waals surface area (Å²) in [7, 11) is 1.82. The minimum absolute atomic E-state index is 0.0102. The van der Waals surface area contributed by atoms with E-state index >= 15 is 0 Å². The summed E-state index contributed by atoms with van der Waals surface area (Å²) in [5.74, 6) is -0.0102. The Kier molecular flexibility index (Phi) is 5.87. The average molecular weight is 259 g/mol. The maximum Gasteiger partial charge on any atom is 0.239 e. The van der Waals surface area contributed by atoms with Gasteiger partial charge in [0.2, 0.25) is 5.91 Å². The van der Waals surface area contributed by atoms with Gasteiger partial charge in [0.1, 0.15) is 6.07 Å². The van der Waals surface area contributed by atoms with E-state index in [2.05, 4.69) is 25.2 Å². The van der Waals surface area contributed by atoms with Gasteiger partial charge in [-0.05, 0) is 25.0 Å². The molecule has 1 aromatic rings. The number of carbonyl (C=O) groups excluding carboxylic acids is 1. The average Bonchev–Trinajstić information content (AvgIpc) is 2.44. The van der Waals surface area contributed by atoms with E-state index in [1.54, 1.807) is 11.0 Å². The summed E-state index contributed by atoms with van der Waals surface area (Å²) >= 11 is 0. The predicted octanol–water partition coefficient (Wildman–Crippen LogP) is 2.30. The van der Waals surface area contributed by atoms with Gasteiger partial charge in [-0.2, -0.15) is 5.26 Å². The maximum atomic E-state index is 11.9. The number of anilines is 1. The number of nitrogens with zero attached hydrogens (tertiary/aromatic N) is 2. The molecule has 0 radical (unpaired) electrons. The summed E-state index contributed by atoms with van der Waals surface area (Å²) in [6, 6.07) is 9.66. The molecule has 0 aromatic heterocycles. The molecule has 0 bridgehead atoms. The Bertz CT molecular complexity index is 461. The molecule has 0 saturated heterocycles. The van der Waals surface area contributed by atoms with Crippen molar-refractivity contribution < 1.29 is 4.79 Å². The molecule has 0 atom stereocenters. The lowest BCUT2D eigenvalue weighted by molar-refractivity contribution is -0.120. The number of para-hydroxylation sites is 1. The fourth-order valence-corrected chi connectivity index (χ4v) is 1.97. The molecular weight excluding hydrogens is 238 g/mol. The van der Waals surface area contributed by atoms with Crippen LogP contribution in [0.1, 0.15) is 32.3 Å². The Morgan fingerprint density at radius 2 is 2.00 bits per heavy atom. The number of rotatable bonds is 6. The first-order valence-corrected chi connectivity index (χ1v) is 6.62. The molecule has 0 saturated carbocycles. The van der Waals surface area contributed by atoms with Crippen molar-refractivity contribution >= 4 is 11.6 Å². The van der Waals surface area contributed by atoms with Crippen LogP contribution in [0.2, 0.25) is 0 Å². The second kappa shape index (κ2) is 7.42. The Hall–Kier alpha value is -2.02. The molecule has 0 fully saturated rings. The lowest BCUT2D eigenvalue weighted by atomic mass is 10.1. The zero-order valence-corrected chi connectivity index (χ0v) is 11.8. The van der Waals surface area contributed by atoms with E-state index in [0.717, 1.165) is 18.5 Å². The number of amides is 1. The molecule has 4 nitrogen and oxygen atoms in total. The van der Waals surface area contributed by atoms with E-state index in [4.69, 9.17) is 5.26 Å². The van der Waals surface area contributed by atoms with Crippen molar-refractivity contribution in [2.24, 2.45) is 0 Å². The van der Waals surface area contributed by atoms with Crippen molar-refractivity contribution in [1.82, 2.24) is 5.32 Å². The third-order valence-corrected chi connectivity index (χ3v) is 3.17. The molecule has 1 amide bonds. The second-order valence-electron chi connectivity index (χ2n) is 4.57. The monoisotopic (exact) mass is 259 g/mol. The van der Waals surface area contributed by atoms with Gasteiger partial charge in [-0.1, -0.05) is 26.0 Å². The fourth-order valence-electron chi connectivity index (χ4n) is 1.97. The number of likely N-dealkylation sites (N-methyl/N-ethyl adjacent to an activating group) is 1. The van der Waals surface area contributed by atoms with Crippen molar-refractivity contribution in [3.8, 4) is 6.07 Å². The van der Waals surface area contributed by atoms with Gasteiger partial charge in [0.25, 0.3) is 0 Å². The number of hydrogen-bond donors (Lipinski definition) is 1. The number of carbonyl (C=O) groups is 1. The van der Waals surface area contributed by atoms with Gasteiger partial charge in [0.05, 0.1) is 17.8 Å². The Labute approximate surface area is 115 Å². The SMILES string of the molecule is CCC(CC)NC(=O)CN(C)c1ccccc1C#N. The predicted molar refractivity (Wildman–Crippen MR) is 76.9 cm³/mol. The van der Waals surface area contributed by atoms with Crippen LogP contribution < -0.4 is 10.2 Å². The molecule has 102 valence electrons. The molecule has 1 rings (SSSR count). The molecule has 0 aliphatic carbocycles. The molecule has 4 heteroatoms. The highest BCUT2D eigenvalue weighted by molar-refractivity contribution is 5.82. The van der Waals surface area contributed by atoms with Gasteiger partial charge in [-0.15, -0.1) is 0 Å². The first kappa shape index (κ1) is 15.0. The normalized spacial score (nSPS) is 10.1. The van der Waals surface area contributed by atoms with E-state index in [9.17, 15) is 4.79 Å². The van der Waals surface area contributed by atoms with Crippen LogP contribution in [0.3, 0.4) is 0 Å². The highest BCUT2D eigenvalue weighted by atomic mass is 16.2. The van der Waals surface area contributed by atoms with Gasteiger partial charge in [0.15, 0.2) is 0 Å². The quantitative estimate of drug-likeness (QED) is 0.852. The van der Waals surface area contributed by atoms with Crippen molar-refractivity contribution in [2.45, 2.75) is 32.7 Å². The van der Waals surface area contributed by atoms with Crippen LogP contribution in [0.15, 0.2) is 24.3 Å². The summed E-state index contributed by atoms with van der Waals surface area (Å²) in [4.78, 5) is 13.7. The third-order valence-electron chi connectivity index (χ3n) is 3.17. The summed E-state index contributed by atoms with van der Waals surface area (Å²) < 4.78 is 0. The number of hydrogen-bond acceptors (Lipinski definition) is 3. The lowest BCUT2D eigenvalue weighted by Crippen LogP contribution is -2.40. The summed E-state index contributed by atoms with van der Waals surface area (Å²) in [5.41, 5.74) is 1.37. The molecule has 0 aliphatic rings. The Morgan fingerprint density at radius 1 is 1.37 bits per heavy atom. The third kappa shape index (κ3) is 4.29.